The Labute approximate surface area is 160 Å². The Bertz CT molecular complexity index is 1080. The summed E-state index contributed by atoms with van der Waals surface area (Å²) < 4.78 is 42.1. The Balaban J connectivity index is 1.84. The molecule has 0 amide bonds. The number of hydrogen-bond acceptors (Lipinski definition) is 1. The second-order valence-corrected chi connectivity index (χ2v) is 6.51. The van der Waals surface area contributed by atoms with Crippen molar-refractivity contribution in [3.05, 3.63) is 96.2 Å². The summed E-state index contributed by atoms with van der Waals surface area (Å²) >= 11 is 0. The molecule has 28 heavy (non-hydrogen) atoms. The van der Waals surface area contributed by atoms with Gasteiger partial charge in [0.1, 0.15) is 5.21 Å². The number of hydrogen-bond donors (Lipinski definition) is 0. The molecule has 0 spiro atoms. The highest BCUT2D eigenvalue weighted by atomic mass is 19.4. The largest absolute Gasteiger partial charge is 0.416 e. The molecule has 6 heteroatoms. The normalized spacial score (nSPS) is 11.6. The number of rotatable bonds is 3. The second-order valence-electron chi connectivity index (χ2n) is 6.51. The van der Waals surface area contributed by atoms with Crippen molar-refractivity contribution in [2.24, 2.45) is 0 Å². The van der Waals surface area contributed by atoms with E-state index in [2.05, 4.69) is 5.21 Å². The summed E-state index contributed by atoms with van der Waals surface area (Å²) in [7, 11) is 0. The maximum Gasteiger partial charge on any atom is 0.416 e. The van der Waals surface area contributed by atoms with Crippen molar-refractivity contribution in [3.8, 4) is 22.6 Å². The molecule has 0 aliphatic carbocycles. The first-order valence-corrected chi connectivity index (χ1v) is 8.74. The molecule has 3 nitrogen and oxygen atoms in total. The summed E-state index contributed by atoms with van der Waals surface area (Å²) in [6, 6.07) is 22.5. The molecule has 3 aromatic carbocycles. The lowest BCUT2D eigenvalue weighted by molar-refractivity contribution is -0.660. The van der Waals surface area contributed by atoms with E-state index in [1.165, 1.54) is 12.1 Å². The van der Waals surface area contributed by atoms with E-state index in [0.717, 1.165) is 34.6 Å². The molecule has 1 heterocycles. The average Bonchev–Trinajstić information content (AvgIpc) is 3.14. The lowest BCUT2D eigenvalue weighted by Gasteiger charge is -2.06. The zero-order valence-electron chi connectivity index (χ0n) is 15.1. The standard InChI is InChI=1S/C22H17F3N3/c1-16-7-11-19(12-8-16)27-15-21(17-5-3-2-4-6-17)28(26-27)20-13-9-18(10-14-20)22(23,24)25/h2-15H,1H3/q+1. The van der Waals surface area contributed by atoms with E-state index in [4.69, 9.17) is 0 Å². The van der Waals surface area contributed by atoms with Gasteiger partial charge in [-0.2, -0.15) is 13.2 Å². The lowest BCUT2D eigenvalue weighted by Crippen LogP contribution is -2.32. The lowest BCUT2D eigenvalue weighted by atomic mass is 10.1. The Morgan fingerprint density at radius 3 is 2.07 bits per heavy atom. The molecule has 0 bridgehead atoms. The van der Waals surface area contributed by atoms with Crippen molar-refractivity contribution in [1.29, 1.82) is 0 Å². The van der Waals surface area contributed by atoms with Gasteiger partial charge in [0, 0.05) is 5.56 Å². The number of benzene rings is 3. The summed E-state index contributed by atoms with van der Waals surface area (Å²) in [6.45, 7) is 2.00. The van der Waals surface area contributed by atoms with E-state index >= 15 is 0 Å². The minimum atomic E-state index is -4.37. The van der Waals surface area contributed by atoms with Crippen LogP contribution in [0.5, 0.6) is 0 Å². The first-order valence-electron chi connectivity index (χ1n) is 8.74. The van der Waals surface area contributed by atoms with Crippen LogP contribution in [-0.2, 0) is 6.18 Å². The summed E-state index contributed by atoms with van der Waals surface area (Å²) in [5.74, 6) is 0. The van der Waals surface area contributed by atoms with Gasteiger partial charge in [-0.1, -0.05) is 52.7 Å². The third-order valence-electron chi connectivity index (χ3n) is 4.47. The summed E-state index contributed by atoms with van der Waals surface area (Å²) in [5, 5.41) is 4.60. The Kier molecular flexibility index (Phi) is 4.47. The monoisotopic (exact) mass is 380 g/mol. The van der Waals surface area contributed by atoms with Crippen molar-refractivity contribution in [2.75, 3.05) is 0 Å². The zero-order chi connectivity index (χ0) is 19.7. The molecule has 1 aromatic heterocycles. The maximum atomic E-state index is 12.9. The minimum Gasteiger partial charge on any atom is -0.166 e. The van der Waals surface area contributed by atoms with Gasteiger partial charge in [0.05, 0.1) is 5.56 Å². The highest BCUT2D eigenvalue weighted by Crippen LogP contribution is 2.30. The molecular weight excluding hydrogens is 363 g/mol. The van der Waals surface area contributed by atoms with Gasteiger partial charge in [0.2, 0.25) is 5.69 Å². The third-order valence-corrected chi connectivity index (χ3v) is 4.47. The molecule has 0 N–H and O–H groups in total. The van der Waals surface area contributed by atoms with Gasteiger partial charge in [-0.15, -0.1) is 4.68 Å². The first kappa shape index (κ1) is 18.0. The van der Waals surface area contributed by atoms with E-state index in [0.29, 0.717) is 5.69 Å². The predicted molar refractivity (Wildman–Crippen MR) is 100 cm³/mol. The van der Waals surface area contributed by atoms with Crippen LogP contribution in [0.4, 0.5) is 13.2 Å². The fourth-order valence-electron chi connectivity index (χ4n) is 2.95. The van der Waals surface area contributed by atoms with E-state index < -0.39 is 11.7 Å². The number of halogens is 3. The van der Waals surface area contributed by atoms with Crippen LogP contribution in [0.2, 0.25) is 0 Å². The average molecular weight is 380 g/mol. The van der Waals surface area contributed by atoms with Gasteiger partial charge in [-0.3, -0.25) is 0 Å². The molecular formula is C22H17F3N3+. The van der Waals surface area contributed by atoms with Gasteiger partial charge in [0.25, 0.3) is 0 Å². The topological polar surface area (TPSA) is 21.7 Å². The molecule has 0 saturated carbocycles. The molecule has 0 aliphatic heterocycles. The molecule has 0 radical (unpaired) electrons. The van der Waals surface area contributed by atoms with Crippen LogP contribution in [0.3, 0.4) is 0 Å². The molecule has 0 unspecified atom stereocenters. The summed E-state index contributed by atoms with van der Waals surface area (Å²) in [4.78, 5) is 0. The van der Waals surface area contributed by atoms with Gasteiger partial charge in [-0.25, -0.2) is 0 Å². The van der Waals surface area contributed by atoms with Crippen LogP contribution in [0.1, 0.15) is 11.1 Å². The molecule has 0 atom stereocenters. The van der Waals surface area contributed by atoms with Crippen LogP contribution in [0.15, 0.2) is 85.1 Å². The number of alkyl halides is 3. The Morgan fingerprint density at radius 2 is 1.46 bits per heavy atom. The Morgan fingerprint density at radius 1 is 0.821 bits per heavy atom. The molecule has 4 rings (SSSR count). The highest BCUT2D eigenvalue weighted by molar-refractivity contribution is 5.60. The fraction of sp³-hybridized carbons (Fsp3) is 0.0909. The van der Waals surface area contributed by atoms with Crippen LogP contribution >= 0.6 is 0 Å². The molecule has 0 fully saturated rings. The smallest absolute Gasteiger partial charge is 0.166 e. The van der Waals surface area contributed by atoms with Crippen molar-refractivity contribution >= 4 is 0 Å². The van der Waals surface area contributed by atoms with Gasteiger partial charge < -0.3 is 0 Å². The van der Waals surface area contributed by atoms with Crippen molar-refractivity contribution in [3.63, 3.8) is 0 Å². The van der Waals surface area contributed by atoms with E-state index in [9.17, 15) is 13.2 Å². The fourth-order valence-corrected chi connectivity index (χ4v) is 2.95. The van der Waals surface area contributed by atoms with Crippen LogP contribution in [0.25, 0.3) is 22.6 Å². The SMILES string of the molecule is Cc1ccc(-[n+]2cc(-c3ccccc3)n(-c3ccc(C(F)(F)F)cc3)n2)cc1. The number of aryl methyl sites for hydroxylation is 1. The maximum absolute atomic E-state index is 12.9. The molecule has 0 aliphatic rings. The summed E-state index contributed by atoms with van der Waals surface area (Å²) in [6.07, 6.45) is -2.50. The molecule has 4 aromatic rings. The Hall–Kier alpha value is -3.41. The van der Waals surface area contributed by atoms with Crippen LogP contribution in [-0.4, -0.2) is 9.90 Å². The zero-order valence-corrected chi connectivity index (χ0v) is 15.1. The summed E-state index contributed by atoms with van der Waals surface area (Å²) in [5.41, 5.74) is 3.57. The predicted octanol–water partition coefficient (Wildman–Crippen LogP) is 5.14. The van der Waals surface area contributed by atoms with Gasteiger partial charge in [-0.05, 0) is 43.3 Å². The van der Waals surface area contributed by atoms with Crippen LogP contribution < -0.4 is 4.68 Å². The molecule has 140 valence electrons. The molecule has 0 saturated heterocycles. The minimum absolute atomic E-state index is 0.553. The van der Waals surface area contributed by atoms with Gasteiger partial charge >= 0.3 is 6.18 Å². The third kappa shape index (κ3) is 3.53. The quantitative estimate of drug-likeness (QED) is 0.451. The van der Waals surface area contributed by atoms with E-state index in [1.807, 2.05) is 67.7 Å². The van der Waals surface area contributed by atoms with Crippen molar-refractivity contribution in [2.45, 2.75) is 13.1 Å². The van der Waals surface area contributed by atoms with Crippen LogP contribution in [0, 0.1) is 6.92 Å². The van der Waals surface area contributed by atoms with Gasteiger partial charge in [0.15, 0.2) is 17.6 Å². The number of aromatic nitrogens is 3. The van der Waals surface area contributed by atoms with E-state index in [-0.39, 0.29) is 0 Å². The second kappa shape index (κ2) is 6.96. The van der Waals surface area contributed by atoms with Crippen molar-refractivity contribution in [1.82, 2.24) is 9.90 Å². The highest BCUT2D eigenvalue weighted by Gasteiger charge is 2.30. The number of nitrogens with zero attached hydrogens (tertiary/aromatic N) is 3. The van der Waals surface area contributed by atoms with Crippen molar-refractivity contribution < 1.29 is 17.9 Å². The van der Waals surface area contributed by atoms with E-state index in [1.54, 1.807) is 9.36 Å². The first-order chi connectivity index (χ1) is 13.4.